The van der Waals surface area contributed by atoms with E-state index in [9.17, 15) is 14.3 Å². The van der Waals surface area contributed by atoms with Crippen molar-refractivity contribution in [3.63, 3.8) is 0 Å². The average molecular weight is 261 g/mol. The van der Waals surface area contributed by atoms with Gasteiger partial charge in [0.25, 0.3) is 0 Å². The van der Waals surface area contributed by atoms with E-state index >= 15 is 0 Å². The molecule has 0 saturated heterocycles. The summed E-state index contributed by atoms with van der Waals surface area (Å²) < 4.78 is 15.2. The SMILES string of the molecule is Cc1cc(F)cc(-c2ccc(C(=O)O)n2C(C)C)c1. The Kier molecular flexibility index (Phi) is 3.42. The summed E-state index contributed by atoms with van der Waals surface area (Å²) in [7, 11) is 0. The molecule has 1 heterocycles. The Hall–Kier alpha value is -2.10. The van der Waals surface area contributed by atoms with Crippen LogP contribution in [-0.4, -0.2) is 15.6 Å². The van der Waals surface area contributed by atoms with Gasteiger partial charge in [-0.1, -0.05) is 0 Å². The van der Waals surface area contributed by atoms with E-state index < -0.39 is 5.97 Å². The van der Waals surface area contributed by atoms with Crippen molar-refractivity contribution >= 4 is 5.97 Å². The van der Waals surface area contributed by atoms with Crippen molar-refractivity contribution in [1.82, 2.24) is 4.57 Å². The quantitative estimate of drug-likeness (QED) is 0.911. The van der Waals surface area contributed by atoms with Crippen LogP contribution in [0.2, 0.25) is 0 Å². The molecule has 3 nitrogen and oxygen atoms in total. The molecule has 0 aliphatic carbocycles. The Bertz CT molecular complexity index is 609. The fraction of sp³-hybridized carbons (Fsp3) is 0.267. The molecule has 4 heteroatoms. The highest BCUT2D eigenvalue weighted by Crippen LogP contribution is 2.27. The van der Waals surface area contributed by atoms with Gasteiger partial charge in [-0.15, -0.1) is 0 Å². The number of nitrogens with zero attached hydrogens (tertiary/aromatic N) is 1. The van der Waals surface area contributed by atoms with Gasteiger partial charge in [0.05, 0.1) is 0 Å². The Balaban J connectivity index is 2.65. The summed E-state index contributed by atoms with van der Waals surface area (Å²) in [5.74, 6) is -1.29. The largest absolute Gasteiger partial charge is 0.477 e. The minimum absolute atomic E-state index is 0.0142. The van der Waals surface area contributed by atoms with Crippen LogP contribution in [0.3, 0.4) is 0 Å². The fourth-order valence-electron chi connectivity index (χ4n) is 2.30. The Labute approximate surface area is 111 Å². The molecule has 2 rings (SSSR count). The molecule has 0 unspecified atom stereocenters. The molecule has 0 spiro atoms. The van der Waals surface area contributed by atoms with Crippen molar-refractivity contribution in [3.05, 3.63) is 47.4 Å². The Morgan fingerprint density at radius 2 is 1.95 bits per heavy atom. The van der Waals surface area contributed by atoms with E-state index in [1.807, 2.05) is 26.8 Å². The number of aryl methyl sites for hydroxylation is 1. The lowest BCUT2D eigenvalue weighted by molar-refractivity contribution is 0.0683. The molecule has 0 saturated carbocycles. The minimum Gasteiger partial charge on any atom is -0.477 e. The molecule has 2 aromatic rings. The number of carboxylic acids is 1. The zero-order chi connectivity index (χ0) is 14.2. The van der Waals surface area contributed by atoms with Gasteiger partial charge in [0.15, 0.2) is 0 Å². The minimum atomic E-state index is -0.979. The maximum Gasteiger partial charge on any atom is 0.352 e. The third kappa shape index (κ3) is 2.52. The monoisotopic (exact) mass is 261 g/mol. The van der Waals surface area contributed by atoms with Crippen LogP contribution in [0.4, 0.5) is 4.39 Å². The molecule has 19 heavy (non-hydrogen) atoms. The number of benzene rings is 1. The zero-order valence-corrected chi connectivity index (χ0v) is 11.1. The van der Waals surface area contributed by atoms with Gasteiger partial charge in [-0.2, -0.15) is 0 Å². The van der Waals surface area contributed by atoms with Gasteiger partial charge in [-0.05, 0) is 56.7 Å². The second-order valence-corrected chi connectivity index (χ2v) is 4.89. The number of rotatable bonds is 3. The van der Waals surface area contributed by atoms with Crippen molar-refractivity contribution in [2.75, 3.05) is 0 Å². The number of carboxylic acid groups (broad SMARTS) is 1. The summed E-state index contributed by atoms with van der Waals surface area (Å²) in [6.45, 7) is 5.62. The van der Waals surface area contributed by atoms with Gasteiger partial charge in [0.1, 0.15) is 11.5 Å². The molecule has 0 aliphatic heterocycles. The number of aromatic nitrogens is 1. The van der Waals surface area contributed by atoms with E-state index in [0.29, 0.717) is 5.56 Å². The van der Waals surface area contributed by atoms with Crippen LogP contribution in [0.15, 0.2) is 30.3 Å². The molecular formula is C15H16FNO2. The van der Waals surface area contributed by atoms with Gasteiger partial charge >= 0.3 is 5.97 Å². The first-order valence-corrected chi connectivity index (χ1v) is 6.12. The van der Waals surface area contributed by atoms with Gasteiger partial charge in [0, 0.05) is 17.3 Å². The first-order valence-electron chi connectivity index (χ1n) is 6.12. The predicted octanol–water partition coefficient (Wildman–Crippen LogP) is 3.88. The Morgan fingerprint density at radius 3 is 2.47 bits per heavy atom. The lowest BCUT2D eigenvalue weighted by atomic mass is 10.1. The lowest BCUT2D eigenvalue weighted by Crippen LogP contribution is -2.11. The van der Waals surface area contributed by atoms with Crippen molar-refractivity contribution in [2.24, 2.45) is 0 Å². The maximum absolute atomic E-state index is 13.5. The molecular weight excluding hydrogens is 245 g/mol. The number of hydrogen-bond acceptors (Lipinski definition) is 1. The third-order valence-electron chi connectivity index (χ3n) is 2.99. The van der Waals surface area contributed by atoms with Crippen molar-refractivity contribution in [1.29, 1.82) is 0 Å². The van der Waals surface area contributed by atoms with Crippen LogP contribution in [0.1, 0.15) is 35.9 Å². The fourth-order valence-corrected chi connectivity index (χ4v) is 2.30. The smallest absolute Gasteiger partial charge is 0.352 e. The molecule has 0 radical (unpaired) electrons. The van der Waals surface area contributed by atoms with Gasteiger partial charge in [-0.3, -0.25) is 0 Å². The van der Waals surface area contributed by atoms with E-state index in [2.05, 4.69) is 0 Å². The van der Waals surface area contributed by atoms with Crippen molar-refractivity contribution < 1.29 is 14.3 Å². The van der Waals surface area contributed by atoms with Gasteiger partial charge in [-0.25, -0.2) is 9.18 Å². The third-order valence-corrected chi connectivity index (χ3v) is 2.99. The summed E-state index contributed by atoms with van der Waals surface area (Å²) in [6, 6.07) is 7.98. The van der Waals surface area contributed by atoms with Crippen LogP contribution < -0.4 is 0 Å². The van der Waals surface area contributed by atoms with Crippen LogP contribution in [0.25, 0.3) is 11.3 Å². The summed E-state index contributed by atoms with van der Waals surface area (Å²) in [5, 5.41) is 9.19. The molecule has 100 valence electrons. The molecule has 1 aromatic heterocycles. The van der Waals surface area contributed by atoms with Gasteiger partial charge in [0.2, 0.25) is 0 Å². The molecule has 0 bridgehead atoms. The molecule has 0 amide bonds. The van der Waals surface area contributed by atoms with E-state index in [4.69, 9.17) is 0 Å². The highest BCUT2D eigenvalue weighted by Gasteiger charge is 2.17. The molecule has 0 atom stereocenters. The molecule has 1 N–H and O–H groups in total. The first-order chi connectivity index (χ1) is 8.90. The standard InChI is InChI=1S/C15H16FNO2/c1-9(2)17-13(4-5-14(17)15(18)19)11-6-10(3)7-12(16)8-11/h4-9H,1-3H3,(H,18,19). The van der Waals surface area contributed by atoms with Crippen LogP contribution >= 0.6 is 0 Å². The summed E-state index contributed by atoms with van der Waals surface area (Å²) in [5.41, 5.74) is 2.43. The van der Waals surface area contributed by atoms with E-state index in [-0.39, 0.29) is 17.6 Å². The summed E-state index contributed by atoms with van der Waals surface area (Å²) in [6.07, 6.45) is 0. The van der Waals surface area contributed by atoms with Crippen molar-refractivity contribution in [2.45, 2.75) is 26.8 Å². The van der Waals surface area contributed by atoms with E-state index in [1.165, 1.54) is 12.1 Å². The predicted molar refractivity (Wildman–Crippen MR) is 71.9 cm³/mol. The zero-order valence-electron chi connectivity index (χ0n) is 11.1. The van der Waals surface area contributed by atoms with Gasteiger partial charge < -0.3 is 9.67 Å². The highest BCUT2D eigenvalue weighted by atomic mass is 19.1. The molecule has 1 aromatic carbocycles. The molecule has 0 fully saturated rings. The molecule has 0 aliphatic rings. The average Bonchev–Trinajstić information content (AvgIpc) is 2.71. The van der Waals surface area contributed by atoms with Crippen LogP contribution in [0, 0.1) is 12.7 Å². The normalized spacial score (nSPS) is 11.0. The number of carbonyl (C=O) groups is 1. The van der Waals surface area contributed by atoms with Crippen molar-refractivity contribution in [3.8, 4) is 11.3 Å². The number of aromatic carboxylic acids is 1. The van der Waals surface area contributed by atoms with E-state index in [0.717, 1.165) is 11.3 Å². The Morgan fingerprint density at radius 1 is 1.26 bits per heavy atom. The number of hydrogen-bond donors (Lipinski definition) is 1. The number of halogens is 1. The summed E-state index contributed by atoms with van der Waals surface area (Å²) in [4.78, 5) is 11.2. The maximum atomic E-state index is 13.5. The topological polar surface area (TPSA) is 42.2 Å². The lowest BCUT2D eigenvalue weighted by Gasteiger charge is -2.16. The highest BCUT2D eigenvalue weighted by molar-refractivity contribution is 5.87. The second-order valence-electron chi connectivity index (χ2n) is 4.89. The first kappa shape index (κ1) is 13.3. The van der Waals surface area contributed by atoms with Crippen LogP contribution in [0.5, 0.6) is 0 Å². The summed E-state index contributed by atoms with van der Waals surface area (Å²) >= 11 is 0. The second kappa shape index (κ2) is 4.88. The van der Waals surface area contributed by atoms with E-state index in [1.54, 1.807) is 16.7 Å². The van der Waals surface area contributed by atoms with Crippen LogP contribution in [-0.2, 0) is 0 Å².